The molecule has 0 saturated carbocycles. The topological polar surface area (TPSA) is 65.9 Å². The Morgan fingerprint density at radius 1 is 1.12 bits per heavy atom. The van der Waals surface area contributed by atoms with E-state index in [-0.39, 0.29) is 11.4 Å². The van der Waals surface area contributed by atoms with Gasteiger partial charge >= 0.3 is 0 Å². The van der Waals surface area contributed by atoms with Gasteiger partial charge in [0.2, 0.25) is 5.78 Å². The van der Waals surface area contributed by atoms with Gasteiger partial charge in [0.1, 0.15) is 17.4 Å². The van der Waals surface area contributed by atoms with Crippen molar-refractivity contribution < 1.29 is 9.53 Å². The highest BCUT2D eigenvalue weighted by atomic mass is 32.2. The maximum absolute atomic E-state index is 13.0. The number of carbonyl (C=O) groups excluding carboxylic acids is 1. The molecule has 2 heterocycles. The third-order valence-corrected chi connectivity index (χ3v) is 5.14. The van der Waals surface area contributed by atoms with Crippen LogP contribution < -0.4 is 0 Å². The first-order valence-electron chi connectivity index (χ1n) is 8.06. The molecule has 1 aliphatic heterocycles. The fraction of sp³-hybridized carbons (Fsp3) is 0.0476. The van der Waals surface area contributed by atoms with Gasteiger partial charge in [-0.2, -0.15) is 5.26 Å². The summed E-state index contributed by atoms with van der Waals surface area (Å²) in [6.45, 7) is 1.92. The Balaban J connectivity index is 1.72. The number of para-hydroxylation sites is 1. The second-order valence-electron chi connectivity index (χ2n) is 5.81. The number of rotatable bonds is 3. The molecule has 0 amide bonds. The number of aromatic nitrogens is 1. The van der Waals surface area contributed by atoms with Crippen molar-refractivity contribution in [2.75, 3.05) is 0 Å². The fourth-order valence-electron chi connectivity index (χ4n) is 2.91. The van der Waals surface area contributed by atoms with E-state index in [1.165, 1.54) is 11.8 Å². The number of benzene rings is 2. The molecule has 0 aliphatic carbocycles. The summed E-state index contributed by atoms with van der Waals surface area (Å²) in [5.41, 5.74) is 2.27. The van der Waals surface area contributed by atoms with Gasteiger partial charge in [-0.05, 0) is 13.0 Å². The highest BCUT2D eigenvalue weighted by Gasteiger charge is 2.28. The first-order chi connectivity index (χ1) is 12.7. The largest absolute Gasteiger partial charge is 0.447 e. The summed E-state index contributed by atoms with van der Waals surface area (Å²) < 4.78 is 5.91. The molecule has 1 aromatic heterocycles. The SMILES string of the molecule is CC1=C(c2ccccc2)O/C(=C(\C#N)C(=O)c2c[nH]c3ccccc23)S1. The van der Waals surface area contributed by atoms with Gasteiger partial charge < -0.3 is 9.72 Å². The van der Waals surface area contributed by atoms with E-state index < -0.39 is 0 Å². The number of fused-ring (bicyclic) bond motifs is 1. The van der Waals surface area contributed by atoms with Gasteiger partial charge in [0.25, 0.3) is 0 Å². The lowest BCUT2D eigenvalue weighted by Crippen LogP contribution is -2.04. The Kier molecular flexibility index (Phi) is 4.11. The molecule has 5 heteroatoms. The van der Waals surface area contributed by atoms with E-state index in [0.717, 1.165) is 21.4 Å². The molecule has 0 spiro atoms. The average Bonchev–Trinajstić information content (AvgIpc) is 3.27. The summed E-state index contributed by atoms with van der Waals surface area (Å²) in [6.07, 6.45) is 1.64. The Morgan fingerprint density at radius 2 is 1.85 bits per heavy atom. The smallest absolute Gasteiger partial charge is 0.210 e. The third kappa shape index (κ3) is 2.71. The number of Topliss-reactive ketones (excluding diaryl/α,β-unsaturated/α-hetero) is 1. The Hall–Kier alpha value is -3.23. The lowest BCUT2D eigenvalue weighted by atomic mass is 10.0. The number of H-pyrrole nitrogens is 1. The number of nitriles is 1. The molecule has 0 saturated heterocycles. The molecule has 1 aliphatic rings. The van der Waals surface area contributed by atoms with E-state index in [9.17, 15) is 10.1 Å². The molecule has 2 aromatic carbocycles. The zero-order valence-corrected chi connectivity index (χ0v) is 14.8. The lowest BCUT2D eigenvalue weighted by Gasteiger charge is -2.06. The minimum atomic E-state index is -0.338. The van der Waals surface area contributed by atoms with Crippen LogP contribution in [0.3, 0.4) is 0 Å². The number of nitrogens with zero attached hydrogens (tertiary/aromatic N) is 1. The summed E-state index contributed by atoms with van der Waals surface area (Å²) >= 11 is 1.32. The number of hydrogen-bond donors (Lipinski definition) is 1. The maximum Gasteiger partial charge on any atom is 0.210 e. The van der Waals surface area contributed by atoms with Crippen LogP contribution in [0.5, 0.6) is 0 Å². The average molecular weight is 358 g/mol. The number of carbonyl (C=O) groups is 1. The second kappa shape index (κ2) is 6.58. The maximum atomic E-state index is 13.0. The summed E-state index contributed by atoms with van der Waals surface area (Å²) in [6, 6.07) is 19.2. The van der Waals surface area contributed by atoms with Gasteiger partial charge in [0.15, 0.2) is 5.09 Å². The van der Waals surface area contributed by atoms with Gasteiger partial charge in [0, 0.05) is 33.1 Å². The van der Waals surface area contributed by atoms with Crippen molar-refractivity contribution in [2.24, 2.45) is 0 Å². The number of thioether (sulfide) groups is 1. The van der Waals surface area contributed by atoms with E-state index in [1.54, 1.807) is 6.20 Å². The van der Waals surface area contributed by atoms with Crippen molar-refractivity contribution in [1.82, 2.24) is 4.98 Å². The van der Waals surface area contributed by atoms with Gasteiger partial charge in [-0.15, -0.1) is 0 Å². The van der Waals surface area contributed by atoms with Crippen LogP contribution in [0.2, 0.25) is 0 Å². The zero-order chi connectivity index (χ0) is 18.1. The predicted octanol–water partition coefficient (Wildman–Crippen LogP) is 5.24. The normalized spacial score (nSPS) is 15.7. The molecular weight excluding hydrogens is 344 g/mol. The summed E-state index contributed by atoms with van der Waals surface area (Å²) in [5.74, 6) is 0.347. The molecule has 126 valence electrons. The van der Waals surface area contributed by atoms with Gasteiger partial charge in [-0.3, -0.25) is 4.79 Å². The highest BCUT2D eigenvalue weighted by molar-refractivity contribution is 8.07. The number of ketones is 1. The molecule has 3 aromatic rings. The van der Waals surface area contributed by atoms with E-state index in [1.807, 2.05) is 67.6 Å². The van der Waals surface area contributed by atoms with Crippen LogP contribution in [0.4, 0.5) is 0 Å². The molecule has 0 fully saturated rings. The van der Waals surface area contributed by atoms with Crippen molar-refractivity contribution in [3.05, 3.63) is 87.5 Å². The van der Waals surface area contributed by atoms with E-state index in [4.69, 9.17) is 4.74 Å². The van der Waals surface area contributed by atoms with Crippen LogP contribution in [0, 0.1) is 11.3 Å². The molecule has 0 unspecified atom stereocenters. The van der Waals surface area contributed by atoms with Crippen molar-refractivity contribution >= 4 is 34.2 Å². The molecular formula is C21H14N2O2S. The van der Waals surface area contributed by atoms with Crippen molar-refractivity contribution in [3.8, 4) is 6.07 Å². The summed E-state index contributed by atoms with van der Waals surface area (Å²) in [7, 11) is 0. The Labute approximate surface area is 154 Å². The molecule has 0 radical (unpaired) electrons. The van der Waals surface area contributed by atoms with Crippen LogP contribution in [-0.4, -0.2) is 10.8 Å². The highest BCUT2D eigenvalue weighted by Crippen LogP contribution is 2.44. The molecule has 4 nitrogen and oxygen atoms in total. The molecule has 0 atom stereocenters. The number of nitrogens with one attached hydrogen (secondary N) is 1. The fourth-order valence-corrected chi connectivity index (χ4v) is 3.80. The van der Waals surface area contributed by atoms with Gasteiger partial charge in [-0.1, -0.05) is 60.3 Å². The van der Waals surface area contributed by atoms with Crippen molar-refractivity contribution in [3.63, 3.8) is 0 Å². The lowest BCUT2D eigenvalue weighted by molar-refractivity contribution is 0.103. The van der Waals surface area contributed by atoms with Crippen LogP contribution in [-0.2, 0) is 4.74 Å². The van der Waals surface area contributed by atoms with Crippen LogP contribution in [0.1, 0.15) is 22.8 Å². The molecule has 26 heavy (non-hydrogen) atoms. The predicted molar refractivity (Wildman–Crippen MR) is 103 cm³/mol. The van der Waals surface area contributed by atoms with Gasteiger partial charge in [0.05, 0.1) is 0 Å². The monoisotopic (exact) mass is 358 g/mol. The number of hydrogen-bond acceptors (Lipinski definition) is 4. The van der Waals surface area contributed by atoms with E-state index >= 15 is 0 Å². The summed E-state index contributed by atoms with van der Waals surface area (Å²) in [4.78, 5) is 17.0. The standard InChI is InChI=1S/C21H14N2O2S/c1-13-20(14-7-3-2-4-8-14)25-21(26-13)16(11-22)19(24)17-12-23-18-10-6-5-9-15(17)18/h2-10,12,23H,1H3/b21-16-. The van der Waals surface area contributed by atoms with E-state index in [2.05, 4.69) is 4.98 Å². The van der Waals surface area contributed by atoms with E-state index in [0.29, 0.717) is 16.4 Å². The zero-order valence-electron chi connectivity index (χ0n) is 13.9. The summed E-state index contributed by atoms with van der Waals surface area (Å²) in [5, 5.41) is 10.7. The van der Waals surface area contributed by atoms with Crippen molar-refractivity contribution in [2.45, 2.75) is 6.92 Å². The molecule has 4 rings (SSSR count). The number of ether oxygens (including phenoxy) is 1. The first-order valence-corrected chi connectivity index (χ1v) is 8.88. The van der Waals surface area contributed by atoms with Gasteiger partial charge in [-0.25, -0.2) is 0 Å². The number of allylic oxidation sites excluding steroid dienone is 2. The second-order valence-corrected chi connectivity index (χ2v) is 6.99. The van der Waals surface area contributed by atoms with Crippen molar-refractivity contribution in [1.29, 1.82) is 5.26 Å². The van der Waals surface area contributed by atoms with Crippen LogP contribution >= 0.6 is 11.8 Å². The molecule has 1 N–H and O–H groups in total. The number of aromatic amines is 1. The van der Waals surface area contributed by atoms with Crippen LogP contribution in [0.15, 0.2) is 76.4 Å². The minimum Gasteiger partial charge on any atom is -0.447 e. The third-order valence-electron chi connectivity index (χ3n) is 4.17. The Morgan fingerprint density at radius 3 is 2.62 bits per heavy atom. The minimum absolute atomic E-state index is 0.0186. The first kappa shape index (κ1) is 16.2. The Bertz CT molecular complexity index is 1120. The quantitative estimate of drug-likeness (QED) is 0.395. The van der Waals surface area contributed by atoms with Crippen LogP contribution in [0.25, 0.3) is 16.7 Å². The molecule has 0 bridgehead atoms.